The number of rotatable bonds is 5. The first-order valence-electron chi connectivity index (χ1n) is 8.99. The molecule has 26 heavy (non-hydrogen) atoms. The van der Waals surface area contributed by atoms with Crippen molar-refractivity contribution in [2.75, 3.05) is 26.2 Å². The molecule has 0 aromatic carbocycles. The lowest BCUT2D eigenvalue weighted by atomic mass is 9.92. The SMILES string of the molecule is O=C(O)[C@H]1CN(C(=O)c2sccc2S(=O)(=O)N2CCCC2)C[C@@H]1C1CC1. The molecule has 2 saturated heterocycles. The molecule has 9 heteroatoms. The molecule has 1 aromatic heterocycles. The number of amides is 1. The van der Waals surface area contributed by atoms with Gasteiger partial charge in [0.05, 0.1) is 5.92 Å². The third-order valence-corrected chi connectivity index (χ3v) is 8.68. The van der Waals surface area contributed by atoms with E-state index >= 15 is 0 Å². The second kappa shape index (κ2) is 6.61. The van der Waals surface area contributed by atoms with Crippen molar-refractivity contribution in [3.63, 3.8) is 0 Å². The van der Waals surface area contributed by atoms with Gasteiger partial charge in [0.2, 0.25) is 10.0 Å². The zero-order chi connectivity index (χ0) is 18.5. The second-order valence-electron chi connectivity index (χ2n) is 7.38. The third kappa shape index (κ3) is 3.05. The largest absolute Gasteiger partial charge is 0.481 e. The average molecular weight is 399 g/mol. The highest BCUT2D eigenvalue weighted by Gasteiger charge is 2.47. The van der Waals surface area contributed by atoms with Crippen LogP contribution in [-0.4, -0.2) is 60.8 Å². The number of hydrogen-bond acceptors (Lipinski definition) is 5. The van der Waals surface area contributed by atoms with Crippen molar-refractivity contribution in [1.29, 1.82) is 0 Å². The van der Waals surface area contributed by atoms with Gasteiger partial charge in [0.1, 0.15) is 9.77 Å². The molecule has 1 saturated carbocycles. The van der Waals surface area contributed by atoms with Gasteiger partial charge < -0.3 is 10.0 Å². The first kappa shape index (κ1) is 17.9. The number of carbonyl (C=O) groups excluding carboxylic acids is 1. The number of carboxylic acid groups (broad SMARTS) is 1. The Balaban J connectivity index is 1.58. The summed E-state index contributed by atoms with van der Waals surface area (Å²) in [6, 6.07) is 1.49. The summed E-state index contributed by atoms with van der Waals surface area (Å²) in [7, 11) is -3.67. The summed E-state index contributed by atoms with van der Waals surface area (Å²) in [4.78, 5) is 26.4. The molecule has 0 bridgehead atoms. The summed E-state index contributed by atoms with van der Waals surface area (Å²) < 4.78 is 27.2. The van der Waals surface area contributed by atoms with Gasteiger partial charge in [0.15, 0.2) is 0 Å². The highest BCUT2D eigenvalue weighted by molar-refractivity contribution is 7.89. The Morgan fingerprint density at radius 3 is 2.46 bits per heavy atom. The van der Waals surface area contributed by atoms with E-state index in [1.807, 2.05) is 0 Å². The van der Waals surface area contributed by atoms with E-state index < -0.39 is 21.9 Å². The van der Waals surface area contributed by atoms with Crippen molar-refractivity contribution in [2.24, 2.45) is 17.8 Å². The Labute approximate surface area is 156 Å². The van der Waals surface area contributed by atoms with Crippen LogP contribution in [-0.2, 0) is 14.8 Å². The number of carboxylic acids is 1. The number of thiophene rings is 1. The summed E-state index contributed by atoms with van der Waals surface area (Å²) >= 11 is 1.12. The number of aliphatic carboxylic acids is 1. The van der Waals surface area contributed by atoms with Crippen LogP contribution in [0.25, 0.3) is 0 Å². The molecule has 1 amide bonds. The molecular formula is C17H22N2O5S2. The predicted octanol–water partition coefficient (Wildman–Crippen LogP) is 1.72. The topological polar surface area (TPSA) is 95.0 Å². The van der Waals surface area contributed by atoms with Crippen LogP contribution in [0.3, 0.4) is 0 Å². The van der Waals surface area contributed by atoms with E-state index in [1.165, 1.54) is 15.3 Å². The summed E-state index contributed by atoms with van der Waals surface area (Å²) in [6.07, 6.45) is 3.71. The smallest absolute Gasteiger partial charge is 0.308 e. The van der Waals surface area contributed by atoms with Crippen LogP contribution in [0.2, 0.25) is 0 Å². The molecule has 2 aliphatic heterocycles. The fourth-order valence-electron chi connectivity index (χ4n) is 4.13. The minimum atomic E-state index is -3.67. The minimum Gasteiger partial charge on any atom is -0.481 e. The molecule has 3 fully saturated rings. The predicted molar refractivity (Wildman–Crippen MR) is 95.6 cm³/mol. The lowest BCUT2D eigenvalue weighted by molar-refractivity contribution is -0.142. The molecule has 0 spiro atoms. The van der Waals surface area contributed by atoms with E-state index in [-0.39, 0.29) is 28.1 Å². The molecule has 0 radical (unpaired) electrons. The van der Waals surface area contributed by atoms with Crippen molar-refractivity contribution in [2.45, 2.75) is 30.6 Å². The van der Waals surface area contributed by atoms with Gasteiger partial charge in [-0.3, -0.25) is 9.59 Å². The monoisotopic (exact) mass is 398 g/mol. The number of nitrogens with zero attached hydrogens (tertiary/aromatic N) is 2. The third-order valence-electron chi connectivity index (χ3n) is 5.70. The summed E-state index contributed by atoms with van der Waals surface area (Å²) in [5.41, 5.74) is 0. The molecule has 142 valence electrons. The van der Waals surface area contributed by atoms with Crippen molar-refractivity contribution < 1.29 is 23.1 Å². The molecule has 4 rings (SSSR count). The molecule has 3 aliphatic rings. The molecule has 1 aliphatic carbocycles. The van der Waals surface area contributed by atoms with Gasteiger partial charge in [-0.1, -0.05) is 0 Å². The normalized spacial score (nSPS) is 27.2. The quantitative estimate of drug-likeness (QED) is 0.815. The fourth-order valence-corrected chi connectivity index (χ4v) is 7.01. The van der Waals surface area contributed by atoms with Gasteiger partial charge in [-0.25, -0.2) is 8.42 Å². The Hall–Kier alpha value is -1.45. The molecule has 1 aromatic rings. The van der Waals surface area contributed by atoms with Gasteiger partial charge in [-0.15, -0.1) is 11.3 Å². The van der Waals surface area contributed by atoms with Gasteiger partial charge in [0, 0.05) is 26.2 Å². The fraction of sp³-hybridized carbons (Fsp3) is 0.647. The molecule has 7 nitrogen and oxygen atoms in total. The highest BCUT2D eigenvalue weighted by Crippen LogP contribution is 2.44. The maximum absolute atomic E-state index is 13.0. The molecular weight excluding hydrogens is 376 g/mol. The van der Waals surface area contributed by atoms with Crippen LogP contribution in [0.5, 0.6) is 0 Å². The number of likely N-dealkylation sites (tertiary alicyclic amines) is 1. The van der Waals surface area contributed by atoms with E-state index in [9.17, 15) is 23.1 Å². The van der Waals surface area contributed by atoms with Gasteiger partial charge >= 0.3 is 5.97 Å². The van der Waals surface area contributed by atoms with Crippen LogP contribution in [0, 0.1) is 17.8 Å². The Kier molecular flexibility index (Phi) is 4.56. The molecule has 3 heterocycles. The van der Waals surface area contributed by atoms with Crippen molar-refractivity contribution >= 4 is 33.2 Å². The van der Waals surface area contributed by atoms with Crippen LogP contribution >= 0.6 is 11.3 Å². The second-order valence-corrected chi connectivity index (χ2v) is 10.2. The first-order valence-corrected chi connectivity index (χ1v) is 11.3. The van der Waals surface area contributed by atoms with Crippen LogP contribution in [0.15, 0.2) is 16.3 Å². The average Bonchev–Trinajstić information content (AvgIpc) is 3.08. The van der Waals surface area contributed by atoms with E-state index in [2.05, 4.69) is 0 Å². The number of hydrogen-bond donors (Lipinski definition) is 1. The maximum Gasteiger partial charge on any atom is 0.308 e. The van der Waals surface area contributed by atoms with Gasteiger partial charge in [-0.05, 0) is 49.0 Å². The first-order chi connectivity index (χ1) is 12.4. The number of sulfonamides is 1. The Morgan fingerprint density at radius 1 is 1.15 bits per heavy atom. The van der Waals surface area contributed by atoms with Gasteiger partial charge in [-0.2, -0.15) is 4.31 Å². The lowest BCUT2D eigenvalue weighted by Crippen LogP contribution is -2.32. The van der Waals surface area contributed by atoms with E-state index in [4.69, 9.17) is 0 Å². The Bertz CT molecular complexity index is 824. The maximum atomic E-state index is 13.0. The van der Waals surface area contributed by atoms with E-state index in [0.717, 1.165) is 37.0 Å². The number of carbonyl (C=O) groups is 2. The van der Waals surface area contributed by atoms with Gasteiger partial charge in [0.25, 0.3) is 5.91 Å². The van der Waals surface area contributed by atoms with Crippen molar-refractivity contribution in [1.82, 2.24) is 9.21 Å². The zero-order valence-electron chi connectivity index (χ0n) is 14.3. The molecule has 0 unspecified atom stereocenters. The summed E-state index contributed by atoms with van der Waals surface area (Å²) in [6.45, 7) is 1.54. The standard InChI is InChI=1S/C17H22N2O5S2/c20-16(18-9-12(11-3-4-11)13(10-18)17(21)22)15-14(5-8-25-15)26(23,24)19-6-1-2-7-19/h5,8,11-13H,1-4,6-7,9-10H2,(H,21,22)/t12-,13+/m1/s1. The minimum absolute atomic E-state index is 0.0185. The van der Waals surface area contributed by atoms with E-state index in [1.54, 1.807) is 5.38 Å². The molecule has 1 N–H and O–H groups in total. The van der Waals surface area contributed by atoms with Crippen LogP contribution in [0.4, 0.5) is 0 Å². The summed E-state index contributed by atoms with van der Waals surface area (Å²) in [5.74, 6) is -1.41. The van der Waals surface area contributed by atoms with Crippen molar-refractivity contribution in [3.05, 3.63) is 16.3 Å². The van der Waals surface area contributed by atoms with E-state index in [0.29, 0.717) is 25.6 Å². The van der Waals surface area contributed by atoms with Crippen molar-refractivity contribution in [3.8, 4) is 0 Å². The Morgan fingerprint density at radius 2 is 1.85 bits per heavy atom. The highest BCUT2D eigenvalue weighted by atomic mass is 32.2. The van der Waals surface area contributed by atoms with Crippen LogP contribution in [0.1, 0.15) is 35.4 Å². The lowest BCUT2D eigenvalue weighted by Gasteiger charge is -2.19. The summed E-state index contributed by atoms with van der Waals surface area (Å²) in [5, 5.41) is 11.1. The molecule has 2 atom stereocenters. The zero-order valence-corrected chi connectivity index (χ0v) is 16.0. The van der Waals surface area contributed by atoms with Crippen LogP contribution < -0.4 is 0 Å².